The number of benzene rings is 1. The van der Waals surface area contributed by atoms with Crippen LogP contribution >= 0.6 is 11.6 Å². The third-order valence-electron chi connectivity index (χ3n) is 4.98. The van der Waals surface area contributed by atoms with E-state index in [1.807, 2.05) is 36.2 Å². The molecule has 0 radical (unpaired) electrons. The van der Waals surface area contributed by atoms with Crippen molar-refractivity contribution in [3.63, 3.8) is 0 Å². The van der Waals surface area contributed by atoms with E-state index < -0.39 is 11.3 Å². The largest absolute Gasteiger partial charge is 0.449 e. The van der Waals surface area contributed by atoms with Crippen molar-refractivity contribution >= 4 is 40.3 Å². The number of nitriles is 1. The van der Waals surface area contributed by atoms with Crippen LogP contribution in [-0.2, 0) is 30.2 Å². The van der Waals surface area contributed by atoms with Gasteiger partial charge in [0.2, 0.25) is 0 Å². The molecule has 0 aliphatic heterocycles. The second-order valence-corrected chi connectivity index (χ2v) is 7.59. The molecule has 2 aromatic rings. The number of imidazole rings is 1. The van der Waals surface area contributed by atoms with Gasteiger partial charge in [0.15, 0.2) is 23.5 Å². The molecule has 1 aromatic carbocycles. The van der Waals surface area contributed by atoms with Crippen LogP contribution in [0.1, 0.15) is 38.6 Å². The van der Waals surface area contributed by atoms with Crippen molar-refractivity contribution in [1.29, 1.82) is 10.7 Å². The Hall–Kier alpha value is -3.18. The van der Waals surface area contributed by atoms with Crippen molar-refractivity contribution in [1.82, 2.24) is 4.57 Å². The van der Waals surface area contributed by atoms with Gasteiger partial charge >= 0.3 is 5.97 Å². The van der Waals surface area contributed by atoms with Crippen LogP contribution in [-0.4, -0.2) is 27.6 Å². The summed E-state index contributed by atoms with van der Waals surface area (Å²) in [5, 5.41) is 16.8. The van der Waals surface area contributed by atoms with E-state index in [0.29, 0.717) is 17.6 Å². The number of nitrogens with zero attached hydrogens (tertiary/aromatic N) is 4. The Labute approximate surface area is 180 Å². The van der Waals surface area contributed by atoms with Crippen LogP contribution < -0.4 is 10.3 Å². The Morgan fingerprint density at radius 1 is 1.50 bits per heavy atom. The number of alkyl halides is 1. The van der Waals surface area contributed by atoms with Crippen molar-refractivity contribution in [3.8, 4) is 6.07 Å². The van der Waals surface area contributed by atoms with Gasteiger partial charge in [-0.15, -0.1) is 11.6 Å². The zero-order chi connectivity index (χ0) is 22.6. The van der Waals surface area contributed by atoms with E-state index in [1.165, 1.54) is 0 Å². The van der Waals surface area contributed by atoms with Gasteiger partial charge in [0.05, 0.1) is 31.1 Å². The second kappa shape index (κ2) is 9.55. The maximum atomic E-state index is 12.8. The first-order chi connectivity index (χ1) is 14.1. The molecule has 158 valence electrons. The van der Waals surface area contributed by atoms with Gasteiger partial charge < -0.3 is 10.5 Å². The average Bonchev–Trinajstić information content (AvgIpc) is 2.95. The molecule has 1 atom stereocenters. The van der Waals surface area contributed by atoms with Gasteiger partial charge in [-0.1, -0.05) is 12.5 Å². The zero-order valence-electron chi connectivity index (χ0n) is 17.8. The van der Waals surface area contributed by atoms with Crippen LogP contribution in [0.25, 0.3) is 11.0 Å². The third kappa shape index (κ3) is 4.69. The number of amidine groups is 2. The highest BCUT2D eigenvalue weighted by Crippen LogP contribution is 2.17. The van der Waals surface area contributed by atoms with Crippen LogP contribution in [0.3, 0.4) is 0 Å². The number of carbonyl (C=O) groups excluding carboxylic acids is 1. The number of hydrogen-bond acceptors (Lipinski definition) is 4. The number of nitrogens with one attached hydrogen (secondary N) is 1. The highest BCUT2D eigenvalue weighted by molar-refractivity contribution is 6.33. The topological polar surface area (TPSA) is 121 Å². The first-order valence-electron chi connectivity index (χ1n) is 9.43. The molecule has 9 heteroatoms. The lowest BCUT2D eigenvalue weighted by Gasteiger charge is -2.11. The van der Waals surface area contributed by atoms with Gasteiger partial charge in [0, 0.05) is 6.07 Å². The Kier molecular flexibility index (Phi) is 7.35. The van der Waals surface area contributed by atoms with E-state index in [0.717, 1.165) is 16.9 Å². The molecule has 1 unspecified atom stereocenters. The number of hydrogen-bond donors (Lipinski definition) is 2. The Morgan fingerprint density at radius 2 is 2.17 bits per heavy atom. The molecular weight excluding hydrogens is 404 g/mol. The SMILES string of the molecule is CCC(C)=C(C(=N)N=C(N)C(C)Cl)C(=O)OCc1n(C)c2cc(C#N)ccc2[n+]1C. The van der Waals surface area contributed by atoms with Gasteiger partial charge in [-0.25, -0.2) is 18.9 Å². The average molecular weight is 430 g/mol. The molecule has 0 aliphatic carbocycles. The number of halogens is 1. The van der Waals surface area contributed by atoms with Crippen molar-refractivity contribution < 1.29 is 14.1 Å². The predicted octanol–water partition coefficient (Wildman–Crippen LogP) is 2.61. The molecule has 1 aromatic heterocycles. The summed E-state index contributed by atoms with van der Waals surface area (Å²) in [4.78, 5) is 16.8. The molecule has 0 fully saturated rings. The Balaban J connectivity index is 2.33. The van der Waals surface area contributed by atoms with Crippen LogP contribution in [0.4, 0.5) is 0 Å². The number of aryl methyl sites for hydroxylation is 2. The number of esters is 1. The standard InChI is InChI=1S/C21H26ClN6O2/c1-6-12(2)18(20(25)26-19(24)13(3)22)21(29)30-11-17-27(4)15-8-7-14(10-23)9-16(15)28(17)5/h7-9,13H,6,11H2,1-5H3,(H3,24,25,26)/q+1. The molecular formula is C21H26ClN6O2+. The summed E-state index contributed by atoms with van der Waals surface area (Å²) in [6.45, 7) is 5.26. The summed E-state index contributed by atoms with van der Waals surface area (Å²) in [7, 11) is 3.70. The highest BCUT2D eigenvalue weighted by atomic mass is 35.5. The second-order valence-electron chi connectivity index (χ2n) is 6.94. The van der Waals surface area contributed by atoms with E-state index in [1.54, 1.807) is 26.0 Å². The number of allylic oxidation sites excluding steroid dienone is 1. The van der Waals surface area contributed by atoms with Crippen LogP contribution in [0.2, 0.25) is 0 Å². The molecule has 1 heterocycles. The third-order valence-corrected chi connectivity index (χ3v) is 5.20. The van der Waals surface area contributed by atoms with Crippen LogP contribution in [0, 0.1) is 16.7 Å². The summed E-state index contributed by atoms with van der Waals surface area (Å²) >= 11 is 5.90. The van der Waals surface area contributed by atoms with Crippen molar-refractivity contribution in [3.05, 3.63) is 40.7 Å². The maximum absolute atomic E-state index is 12.8. The number of rotatable bonds is 6. The molecule has 0 amide bonds. The summed E-state index contributed by atoms with van der Waals surface area (Å²) < 4.78 is 9.31. The van der Waals surface area contributed by atoms with Gasteiger partial charge in [-0.3, -0.25) is 5.41 Å². The van der Waals surface area contributed by atoms with Crippen LogP contribution in [0.5, 0.6) is 0 Å². The van der Waals surface area contributed by atoms with Crippen molar-refractivity contribution in [2.75, 3.05) is 0 Å². The number of aliphatic imine (C=N–C) groups is 1. The molecule has 0 spiro atoms. The van der Waals surface area contributed by atoms with E-state index in [4.69, 9.17) is 32.7 Å². The molecule has 30 heavy (non-hydrogen) atoms. The Bertz CT molecular complexity index is 1100. The highest BCUT2D eigenvalue weighted by Gasteiger charge is 2.25. The molecule has 2 rings (SSSR count). The smallest absolute Gasteiger partial charge is 0.342 e. The molecule has 0 aliphatic rings. The van der Waals surface area contributed by atoms with E-state index >= 15 is 0 Å². The monoisotopic (exact) mass is 429 g/mol. The summed E-state index contributed by atoms with van der Waals surface area (Å²) in [5.74, 6) is -0.138. The fourth-order valence-electron chi connectivity index (χ4n) is 2.97. The lowest BCUT2D eigenvalue weighted by Crippen LogP contribution is -2.34. The van der Waals surface area contributed by atoms with E-state index in [2.05, 4.69) is 11.1 Å². The fraction of sp³-hybridized carbons (Fsp3) is 0.381. The van der Waals surface area contributed by atoms with Gasteiger partial charge in [-0.05, 0) is 32.4 Å². The maximum Gasteiger partial charge on any atom is 0.342 e. The first-order valence-corrected chi connectivity index (χ1v) is 9.87. The quantitative estimate of drug-likeness (QED) is 0.183. The normalized spacial score (nSPS) is 13.6. The number of fused-ring (bicyclic) bond motifs is 1. The summed E-state index contributed by atoms with van der Waals surface area (Å²) in [5.41, 5.74) is 8.79. The number of aromatic nitrogens is 2. The van der Waals surface area contributed by atoms with Crippen LogP contribution in [0.15, 0.2) is 34.3 Å². The molecule has 3 N–H and O–H groups in total. The molecule has 0 saturated carbocycles. The first kappa shape index (κ1) is 23.1. The predicted molar refractivity (Wildman–Crippen MR) is 116 cm³/mol. The summed E-state index contributed by atoms with van der Waals surface area (Å²) in [6.07, 6.45) is 0.553. The molecule has 8 nitrogen and oxygen atoms in total. The van der Waals surface area contributed by atoms with E-state index in [-0.39, 0.29) is 23.9 Å². The Morgan fingerprint density at radius 3 is 2.73 bits per heavy atom. The minimum atomic E-state index is -0.652. The number of carbonyl (C=O) groups is 1. The lowest BCUT2D eigenvalue weighted by atomic mass is 10.1. The number of ether oxygens (including phenoxy) is 1. The fourth-order valence-corrected chi connectivity index (χ4v) is 3.02. The van der Waals surface area contributed by atoms with Gasteiger partial charge in [0.1, 0.15) is 11.4 Å². The minimum Gasteiger partial charge on any atom is -0.449 e. The molecule has 0 bridgehead atoms. The molecule has 0 saturated heterocycles. The van der Waals surface area contributed by atoms with Crippen molar-refractivity contribution in [2.45, 2.75) is 39.2 Å². The number of nitrogens with two attached hydrogens (primary N) is 1. The lowest BCUT2D eigenvalue weighted by molar-refractivity contribution is -0.655. The van der Waals surface area contributed by atoms with Gasteiger partial charge in [0.25, 0.3) is 5.82 Å². The van der Waals surface area contributed by atoms with E-state index in [9.17, 15) is 4.79 Å². The van der Waals surface area contributed by atoms with Gasteiger partial charge in [-0.2, -0.15) is 5.26 Å². The zero-order valence-corrected chi connectivity index (χ0v) is 18.5. The summed E-state index contributed by atoms with van der Waals surface area (Å²) in [6, 6.07) is 7.51. The van der Waals surface area contributed by atoms with Crippen molar-refractivity contribution in [2.24, 2.45) is 24.8 Å². The minimum absolute atomic E-state index is 0.0126.